The van der Waals surface area contributed by atoms with E-state index in [9.17, 15) is 9.59 Å². The van der Waals surface area contributed by atoms with Crippen LogP contribution >= 0.6 is 35.0 Å². The lowest BCUT2D eigenvalue weighted by Gasteiger charge is -2.17. The fourth-order valence-electron chi connectivity index (χ4n) is 2.39. The number of nitrogens with zero attached hydrogens (tertiary/aromatic N) is 1. The van der Waals surface area contributed by atoms with Crippen molar-refractivity contribution in [2.45, 2.75) is 16.6 Å². The number of hydrogen-bond acceptors (Lipinski definition) is 4. The van der Waals surface area contributed by atoms with Crippen LogP contribution in [0.4, 0.5) is 11.4 Å². The second kappa shape index (κ2) is 6.43. The van der Waals surface area contributed by atoms with Gasteiger partial charge in [-0.3, -0.25) is 9.59 Å². The first-order chi connectivity index (χ1) is 11.0. The predicted octanol–water partition coefficient (Wildman–Crippen LogP) is 4.00. The van der Waals surface area contributed by atoms with Crippen LogP contribution in [-0.4, -0.2) is 17.1 Å². The Labute approximate surface area is 147 Å². The van der Waals surface area contributed by atoms with E-state index in [2.05, 4.69) is 0 Å². The Morgan fingerprint density at radius 1 is 1.09 bits per heavy atom. The first-order valence-corrected chi connectivity index (χ1v) is 8.44. The molecule has 1 fully saturated rings. The molecule has 0 aliphatic carbocycles. The van der Waals surface area contributed by atoms with E-state index in [1.807, 2.05) is 12.1 Å². The van der Waals surface area contributed by atoms with Gasteiger partial charge >= 0.3 is 0 Å². The lowest BCUT2D eigenvalue weighted by atomic mass is 10.3. The Hall–Kier alpha value is -1.69. The highest BCUT2D eigenvalue weighted by Crippen LogP contribution is 2.40. The summed E-state index contributed by atoms with van der Waals surface area (Å²) in [5.41, 5.74) is 6.60. The molecule has 1 aliphatic rings. The molecular formula is C16H12Cl2N2O2S. The molecule has 23 heavy (non-hydrogen) atoms. The molecule has 1 aliphatic heterocycles. The van der Waals surface area contributed by atoms with Gasteiger partial charge in [-0.2, -0.15) is 0 Å². The summed E-state index contributed by atoms with van der Waals surface area (Å²) < 4.78 is 0. The van der Waals surface area contributed by atoms with Gasteiger partial charge < -0.3 is 5.73 Å². The van der Waals surface area contributed by atoms with E-state index < -0.39 is 5.25 Å². The molecule has 2 N–H and O–H groups in total. The number of anilines is 2. The van der Waals surface area contributed by atoms with Crippen molar-refractivity contribution in [1.29, 1.82) is 0 Å². The molecule has 0 saturated carbocycles. The zero-order chi connectivity index (χ0) is 16.6. The molecule has 0 bridgehead atoms. The third-order valence-electron chi connectivity index (χ3n) is 3.40. The van der Waals surface area contributed by atoms with Crippen molar-refractivity contribution in [2.24, 2.45) is 0 Å². The van der Waals surface area contributed by atoms with Crippen molar-refractivity contribution in [2.75, 3.05) is 10.6 Å². The average Bonchev–Trinajstić information content (AvgIpc) is 2.75. The number of hydrogen-bond donors (Lipinski definition) is 1. The number of nitrogen functional groups attached to an aromatic ring is 1. The second-order valence-electron chi connectivity index (χ2n) is 5.02. The SMILES string of the molecule is Nc1cccc(S[C@@H]2CC(=O)N(c3c(Cl)cccc3Cl)C2=O)c1. The number of rotatable bonds is 3. The van der Waals surface area contributed by atoms with Crippen LogP contribution in [-0.2, 0) is 9.59 Å². The monoisotopic (exact) mass is 366 g/mol. The second-order valence-corrected chi connectivity index (χ2v) is 7.11. The molecule has 1 saturated heterocycles. The van der Waals surface area contributed by atoms with Crippen LogP contribution in [0.1, 0.15) is 6.42 Å². The van der Waals surface area contributed by atoms with E-state index in [4.69, 9.17) is 28.9 Å². The molecule has 0 unspecified atom stereocenters. The van der Waals surface area contributed by atoms with Crippen molar-refractivity contribution in [3.8, 4) is 0 Å². The molecule has 1 atom stereocenters. The van der Waals surface area contributed by atoms with Crippen molar-refractivity contribution < 1.29 is 9.59 Å². The molecule has 0 aromatic heterocycles. The minimum atomic E-state index is -0.517. The molecule has 1 heterocycles. The maximum absolute atomic E-state index is 12.6. The molecule has 0 radical (unpaired) electrons. The van der Waals surface area contributed by atoms with Gasteiger partial charge in [-0.15, -0.1) is 11.8 Å². The number of amides is 2. The van der Waals surface area contributed by atoms with Crippen molar-refractivity contribution in [3.63, 3.8) is 0 Å². The molecule has 2 aromatic rings. The Morgan fingerprint density at radius 2 is 1.74 bits per heavy atom. The zero-order valence-electron chi connectivity index (χ0n) is 11.8. The van der Waals surface area contributed by atoms with E-state index in [1.54, 1.807) is 30.3 Å². The number of nitrogens with two attached hydrogens (primary N) is 1. The summed E-state index contributed by atoms with van der Waals surface area (Å²) in [6, 6.07) is 12.1. The van der Waals surface area contributed by atoms with Gasteiger partial charge in [0.25, 0.3) is 0 Å². The Balaban J connectivity index is 1.88. The lowest BCUT2D eigenvalue weighted by Crippen LogP contribution is -2.31. The van der Waals surface area contributed by atoms with Crippen LogP contribution in [0.2, 0.25) is 10.0 Å². The Morgan fingerprint density at radius 3 is 2.39 bits per heavy atom. The van der Waals surface area contributed by atoms with E-state index in [0.717, 1.165) is 9.80 Å². The fraction of sp³-hybridized carbons (Fsp3) is 0.125. The molecule has 2 amide bonds. The van der Waals surface area contributed by atoms with Gasteiger partial charge in [0.2, 0.25) is 11.8 Å². The van der Waals surface area contributed by atoms with Gasteiger partial charge in [-0.05, 0) is 30.3 Å². The molecular weight excluding hydrogens is 355 g/mol. The molecule has 0 spiro atoms. The Kier molecular flexibility index (Phi) is 4.53. The molecule has 7 heteroatoms. The number of halogens is 2. The summed E-state index contributed by atoms with van der Waals surface area (Å²) in [5, 5.41) is 0.0271. The quantitative estimate of drug-likeness (QED) is 0.658. The number of benzene rings is 2. The van der Waals surface area contributed by atoms with Crippen LogP contribution in [0.25, 0.3) is 0 Å². The third kappa shape index (κ3) is 3.17. The summed E-state index contributed by atoms with van der Waals surface area (Å²) in [5.74, 6) is -0.635. The van der Waals surface area contributed by atoms with Gasteiger partial charge in [-0.1, -0.05) is 35.3 Å². The molecule has 4 nitrogen and oxygen atoms in total. The van der Waals surface area contributed by atoms with Crippen LogP contribution in [0.5, 0.6) is 0 Å². The fourth-order valence-corrected chi connectivity index (χ4v) is 4.07. The number of para-hydroxylation sites is 1. The van der Waals surface area contributed by atoms with Crippen molar-refractivity contribution in [1.82, 2.24) is 0 Å². The maximum atomic E-state index is 12.6. The minimum absolute atomic E-state index is 0.0971. The highest BCUT2D eigenvalue weighted by molar-refractivity contribution is 8.00. The van der Waals surface area contributed by atoms with Crippen LogP contribution in [0, 0.1) is 0 Å². The number of imide groups is 1. The summed E-state index contributed by atoms with van der Waals surface area (Å²) in [6.45, 7) is 0. The topological polar surface area (TPSA) is 63.4 Å². The first-order valence-electron chi connectivity index (χ1n) is 6.80. The lowest BCUT2D eigenvalue weighted by molar-refractivity contribution is -0.121. The van der Waals surface area contributed by atoms with Gasteiger partial charge in [-0.25, -0.2) is 4.90 Å². The summed E-state index contributed by atoms with van der Waals surface area (Å²) in [4.78, 5) is 26.9. The first kappa shape index (κ1) is 16.2. The minimum Gasteiger partial charge on any atom is -0.399 e. The van der Waals surface area contributed by atoms with Gasteiger partial charge in [0.15, 0.2) is 0 Å². The molecule has 2 aromatic carbocycles. The van der Waals surface area contributed by atoms with Crippen molar-refractivity contribution in [3.05, 3.63) is 52.5 Å². The van der Waals surface area contributed by atoms with E-state index in [1.165, 1.54) is 11.8 Å². The Bertz CT molecular complexity index is 777. The normalized spacial score (nSPS) is 17.8. The van der Waals surface area contributed by atoms with E-state index in [-0.39, 0.29) is 34.0 Å². The highest BCUT2D eigenvalue weighted by atomic mass is 35.5. The zero-order valence-corrected chi connectivity index (χ0v) is 14.2. The summed E-state index contributed by atoms with van der Waals surface area (Å²) >= 11 is 13.5. The number of carbonyl (C=O) groups excluding carboxylic acids is 2. The third-order valence-corrected chi connectivity index (χ3v) is 5.19. The van der Waals surface area contributed by atoms with Gasteiger partial charge in [0, 0.05) is 17.0 Å². The summed E-state index contributed by atoms with van der Waals surface area (Å²) in [6.07, 6.45) is 0.0971. The number of thioether (sulfide) groups is 1. The maximum Gasteiger partial charge on any atom is 0.247 e. The largest absolute Gasteiger partial charge is 0.399 e. The highest BCUT2D eigenvalue weighted by Gasteiger charge is 2.41. The predicted molar refractivity (Wildman–Crippen MR) is 94.1 cm³/mol. The number of carbonyl (C=O) groups is 2. The van der Waals surface area contributed by atoms with E-state index in [0.29, 0.717) is 5.69 Å². The smallest absolute Gasteiger partial charge is 0.247 e. The van der Waals surface area contributed by atoms with Crippen molar-refractivity contribution >= 4 is 58.2 Å². The van der Waals surface area contributed by atoms with Crippen LogP contribution in [0.15, 0.2) is 47.4 Å². The summed E-state index contributed by atoms with van der Waals surface area (Å²) in [7, 11) is 0. The van der Waals surface area contributed by atoms with Gasteiger partial charge in [0.1, 0.15) is 0 Å². The standard InChI is InChI=1S/C16H12Cl2N2O2S/c17-11-5-2-6-12(18)15(11)20-14(21)8-13(16(20)22)23-10-4-1-3-9(19)7-10/h1-7,13H,8,19H2/t13-/m1/s1. The van der Waals surface area contributed by atoms with Crippen LogP contribution in [0.3, 0.4) is 0 Å². The van der Waals surface area contributed by atoms with Gasteiger partial charge in [0.05, 0.1) is 21.0 Å². The molecule has 3 rings (SSSR count). The van der Waals surface area contributed by atoms with Crippen LogP contribution < -0.4 is 10.6 Å². The average molecular weight is 367 g/mol. The van der Waals surface area contributed by atoms with E-state index >= 15 is 0 Å². The molecule has 118 valence electrons.